The van der Waals surface area contributed by atoms with Gasteiger partial charge < -0.3 is 4.74 Å². The number of pyridine rings is 1. The molecule has 2 aromatic rings. The van der Waals surface area contributed by atoms with E-state index in [9.17, 15) is 0 Å². The summed E-state index contributed by atoms with van der Waals surface area (Å²) >= 11 is 0. The lowest BCUT2D eigenvalue weighted by molar-refractivity contribution is 0.176. The second-order valence-electron chi connectivity index (χ2n) is 7.58. The van der Waals surface area contributed by atoms with E-state index >= 15 is 0 Å². The van der Waals surface area contributed by atoms with Crippen LogP contribution in [0.15, 0.2) is 54.4 Å². The monoisotopic (exact) mass is 363 g/mol. The summed E-state index contributed by atoms with van der Waals surface area (Å²) in [5.74, 6) is 0.995. The van der Waals surface area contributed by atoms with Crippen molar-refractivity contribution >= 4 is 6.08 Å². The Morgan fingerprint density at radius 2 is 2.00 bits per heavy atom. The number of benzene rings is 1. The van der Waals surface area contributed by atoms with Gasteiger partial charge in [-0.2, -0.15) is 0 Å². The molecule has 0 aliphatic carbocycles. The molecule has 1 atom stereocenters. The molecule has 27 heavy (non-hydrogen) atoms. The fourth-order valence-corrected chi connectivity index (χ4v) is 4.29. The van der Waals surface area contributed by atoms with Crippen molar-refractivity contribution in [3.63, 3.8) is 0 Å². The van der Waals surface area contributed by atoms with Gasteiger partial charge in [0.1, 0.15) is 12.4 Å². The molecule has 2 aliphatic heterocycles. The zero-order valence-corrected chi connectivity index (χ0v) is 16.2. The molecule has 1 fully saturated rings. The topological polar surface area (TPSA) is 28.6 Å². The Kier molecular flexibility index (Phi) is 5.85. The van der Waals surface area contributed by atoms with Gasteiger partial charge in [-0.15, -0.1) is 0 Å². The van der Waals surface area contributed by atoms with Crippen LogP contribution in [0.2, 0.25) is 0 Å². The van der Waals surface area contributed by atoms with E-state index in [1.165, 1.54) is 36.1 Å². The summed E-state index contributed by atoms with van der Waals surface area (Å²) in [7, 11) is 0. The van der Waals surface area contributed by atoms with E-state index in [0.717, 1.165) is 31.9 Å². The lowest BCUT2D eigenvalue weighted by Gasteiger charge is -2.31. The zero-order valence-electron chi connectivity index (χ0n) is 16.2. The Balaban J connectivity index is 1.50. The third-order valence-electron chi connectivity index (χ3n) is 5.65. The summed E-state index contributed by atoms with van der Waals surface area (Å²) in [6.07, 6.45) is 8.71. The molecular weight excluding hydrogens is 334 g/mol. The molecule has 4 rings (SSSR count). The number of hydrogen-bond acceptors (Lipinski definition) is 4. The van der Waals surface area contributed by atoms with Crippen molar-refractivity contribution in [2.24, 2.45) is 0 Å². The van der Waals surface area contributed by atoms with Crippen LogP contribution < -0.4 is 4.74 Å². The Morgan fingerprint density at radius 1 is 1.15 bits per heavy atom. The molecule has 0 bridgehead atoms. The van der Waals surface area contributed by atoms with Gasteiger partial charge in [-0.3, -0.25) is 14.8 Å². The smallest absolute Gasteiger partial charge is 0.127 e. The third-order valence-corrected chi connectivity index (χ3v) is 5.65. The van der Waals surface area contributed by atoms with Gasteiger partial charge in [0, 0.05) is 43.6 Å². The van der Waals surface area contributed by atoms with Gasteiger partial charge in [-0.1, -0.05) is 25.1 Å². The second kappa shape index (κ2) is 8.68. The number of rotatable bonds is 7. The van der Waals surface area contributed by atoms with E-state index in [-0.39, 0.29) is 0 Å². The lowest BCUT2D eigenvalue weighted by Crippen LogP contribution is -2.41. The molecule has 1 aromatic heterocycles. The maximum Gasteiger partial charge on any atom is 0.127 e. The summed E-state index contributed by atoms with van der Waals surface area (Å²) in [6, 6.07) is 13.2. The lowest BCUT2D eigenvalue weighted by atomic mass is 10.1. The van der Waals surface area contributed by atoms with Crippen molar-refractivity contribution in [3.8, 4) is 5.75 Å². The molecule has 0 saturated carbocycles. The van der Waals surface area contributed by atoms with E-state index in [2.05, 4.69) is 58.1 Å². The first-order valence-electron chi connectivity index (χ1n) is 10.1. The predicted molar refractivity (Wildman–Crippen MR) is 110 cm³/mol. The van der Waals surface area contributed by atoms with Crippen LogP contribution in [0.5, 0.6) is 5.75 Å². The quantitative estimate of drug-likeness (QED) is 0.747. The number of likely N-dealkylation sites (tertiary alicyclic amines) is 1. The number of para-hydroxylation sites is 1. The molecule has 1 aromatic carbocycles. The molecule has 3 heterocycles. The van der Waals surface area contributed by atoms with Gasteiger partial charge in [0.15, 0.2) is 0 Å². The molecule has 0 amide bonds. The molecule has 4 nitrogen and oxygen atoms in total. The maximum absolute atomic E-state index is 5.98. The van der Waals surface area contributed by atoms with Crippen LogP contribution in [-0.4, -0.2) is 53.6 Å². The Morgan fingerprint density at radius 3 is 2.85 bits per heavy atom. The van der Waals surface area contributed by atoms with Crippen LogP contribution in [0.3, 0.4) is 0 Å². The number of aromatic nitrogens is 1. The number of nitrogens with zero attached hydrogens (tertiary/aromatic N) is 3. The molecule has 0 N–H and O–H groups in total. The van der Waals surface area contributed by atoms with Crippen molar-refractivity contribution < 1.29 is 4.74 Å². The number of ether oxygens (including phenoxy) is 1. The predicted octanol–water partition coefficient (Wildman–Crippen LogP) is 3.84. The molecule has 0 spiro atoms. The van der Waals surface area contributed by atoms with Crippen LogP contribution in [-0.2, 0) is 6.54 Å². The summed E-state index contributed by atoms with van der Waals surface area (Å²) in [4.78, 5) is 9.37. The molecule has 2 aliphatic rings. The number of fused-ring (bicyclic) bond motifs is 1. The van der Waals surface area contributed by atoms with Gasteiger partial charge in [0.25, 0.3) is 0 Å². The highest BCUT2D eigenvalue weighted by atomic mass is 16.5. The Hall–Kier alpha value is -2.17. The number of hydrogen-bond donors (Lipinski definition) is 0. The normalized spacial score (nSPS) is 19.6. The Bertz CT molecular complexity index is 774. The van der Waals surface area contributed by atoms with Crippen molar-refractivity contribution in [3.05, 3.63) is 65.5 Å². The Labute approximate surface area is 162 Å². The fraction of sp³-hybridized carbons (Fsp3) is 0.435. The molecule has 1 unspecified atom stereocenters. The van der Waals surface area contributed by atoms with Crippen LogP contribution in [0.1, 0.15) is 30.9 Å². The van der Waals surface area contributed by atoms with E-state index < -0.39 is 0 Å². The summed E-state index contributed by atoms with van der Waals surface area (Å²) < 4.78 is 5.98. The van der Waals surface area contributed by atoms with E-state index in [1.807, 2.05) is 18.5 Å². The summed E-state index contributed by atoms with van der Waals surface area (Å²) in [5, 5.41) is 0. The van der Waals surface area contributed by atoms with Crippen LogP contribution in [0.4, 0.5) is 0 Å². The molecule has 4 heteroatoms. The second-order valence-corrected chi connectivity index (χ2v) is 7.58. The minimum atomic E-state index is 0.661. The van der Waals surface area contributed by atoms with Crippen molar-refractivity contribution in [2.75, 3.05) is 32.8 Å². The highest BCUT2D eigenvalue weighted by molar-refractivity contribution is 5.62. The first-order chi connectivity index (χ1) is 13.3. The van der Waals surface area contributed by atoms with Gasteiger partial charge in [-0.05, 0) is 61.3 Å². The first-order valence-corrected chi connectivity index (χ1v) is 10.1. The zero-order chi connectivity index (χ0) is 18.5. The highest BCUT2D eigenvalue weighted by Gasteiger charge is 2.26. The number of likely N-dealkylation sites (N-methyl/N-ethyl adjacent to an activating group) is 1. The minimum Gasteiger partial charge on any atom is -0.489 e. The first kappa shape index (κ1) is 18.2. The van der Waals surface area contributed by atoms with Gasteiger partial charge >= 0.3 is 0 Å². The molecule has 1 saturated heterocycles. The average Bonchev–Trinajstić information content (AvgIpc) is 3.16. The minimum absolute atomic E-state index is 0.661. The van der Waals surface area contributed by atoms with Crippen LogP contribution in [0, 0.1) is 0 Å². The van der Waals surface area contributed by atoms with Crippen molar-refractivity contribution in [1.82, 2.24) is 14.8 Å². The largest absolute Gasteiger partial charge is 0.489 e. The van der Waals surface area contributed by atoms with Gasteiger partial charge in [0.2, 0.25) is 0 Å². The summed E-state index contributed by atoms with van der Waals surface area (Å²) in [5.41, 5.74) is 3.87. The maximum atomic E-state index is 5.98. The average molecular weight is 364 g/mol. The summed E-state index contributed by atoms with van der Waals surface area (Å²) in [6.45, 7) is 8.36. The van der Waals surface area contributed by atoms with E-state index in [1.54, 1.807) is 0 Å². The SMILES string of the molecule is CCN1CCCC1CN(CC1=Cc2ccccc2OC1)Cc1ccncc1. The van der Waals surface area contributed by atoms with E-state index in [4.69, 9.17) is 4.74 Å². The highest BCUT2D eigenvalue weighted by Crippen LogP contribution is 2.27. The molecule has 0 radical (unpaired) electrons. The molecule has 142 valence electrons. The van der Waals surface area contributed by atoms with E-state index in [0.29, 0.717) is 12.6 Å². The third kappa shape index (κ3) is 4.57. The standard InChI is InChI=1S/C23H29N3O/c1-2-26-13-5-7-22(26)17-25(15-19-9-11-24-12-10-19)16-20-14-21-6-3-4-8-23(21)27-18-20/h3-4,6,8-12,14,22H,2,5,7,13,15-18H2,1H3. The molecular formula is C23H29N3O. The van der Waals surface area contributed by atoms with Gasteiger partial charge in [0.05, 0.1) is 0 Å². The van der Waals surface area contributed by atoms with Gasteiger partial charge in [-0.25, -0.2) is 0 Å². The fourth-order valence-electron chi connectivity index (χ4n) is 4.29. The van der Waals surface area contributed by atoms with Crippen molar-refractivity contribution in [1.29, 1.82) is 0 Å². The van der Waals surface area contributed by atoms with Crippen LogP contribution in [0.25, 0.3) is 6.08 Å². The van der Waals surface area contributed by atoms with Crippen LogP contribution >= 0.6 is 0 Å². The van der Waals surface area contributed by atoms with Crippen molar-refractivity contribution in [2.45, 2.75) is 32.4 Å².